The normalized spacial score (nSPS) is 18.1. The van der Waals surface area contributed by atoms with Crippen molar-refractivity contribution in [2.24, 2.45) is 5.92 Å². The molecule has 1 atom stereocenters. The van der Waals surface area contributed by atoms with Crippen LogP contribution in [0.3, 0.4) is 0 Å². The van der Waals surface area contributed by atoms with E-state index in [9.17, 15) is 4.79 Å². The quantitative estimate of drug-likeness (QED) is 0.940. The molecular formula is C16H19N3O2S. The number of nitrogens with zero attached hydrogens (tertiary/aromatic N) is 2. The van der Waals surface area contributed by atoms with Crippen LogP contribution in [0.2, 0.25) is 0 Å². The first-order chi connectivity index (χ1) is 10.7. The summed E-state index contributed by atoms with van der Waals surface area (Å²) in [7, 11) is 0. The molecule has 0 spiro atoms. The Labute approximate surface area is 133 Å². The van der Waals surface area contributed by atoms with Crippen LogP contribution in [0.15, 0.2) is 24.3 Å². The molecule has 2 aromatic rings. The third-order valence-corrected chi connectivity index (χ3v) is 4.59. The van der Waals surface area contributed by atoms with Crippen molar-refractivity contribution in [3.05, 3.63) is 29.8 Å². The van der Waals surface area contributed by atoms with Gasteiger partial charge in [-0.1, -0.05) is 41.2 Å². The van der Waals surface area contributed by atoms with E-state index < -0.39 is 0 Å². The van der Waals surface area contributed by atoms with E-state index >= 15 is 0 Å². The number of carbonyl (C=O) groups excluding carboxylic acids is 1. The van der Waals surface area contributed by atoms with Crippen LogP contribution in [-0.2, 0) is 9.53 Å². The van der Waals surface area contributed by atoms with Gasteiger partial charge in [0.2, 0.25) is 11.0 Å². The number of hydrogen-bond acceptors (Lipinski definition) is 5. The lowest BCUT2D eigenvalue weighted by Crippen LogP contribution is -2.23. The first-order valence-electron chi connectivity index (χ1n) is 7.49. The average Bonchev–Trinajstić information content (AvgIpc) is 2.97. The Kier molecular flexibility index (Phi) is 4.80. The summed E-state index contributed by atoms with van der Waals surface area (Å²) in [5.74, 6) is 0.306. The summed E-state index contributed by atoms with van der Waals surface area (Å²) in [6.07, 6.45) is 2.58. The monoisotopic (exact) mass is 317 g/mol. The fraction of sp³-hybridized carbons (Fsp3) is 0.438. The van der Waals surface area contributed by atoms with Crippen molar-refractivity contribution in [2.45, 2.75) is 26.2 Å². The van der Waals surface area contributed by atoms with Crippen LogP contribution in [0, 0.1) is 12.8 Å². The minimum absolute atomic E-state index is 0.0119. The van der Waals surface area contributed by atoms with Crippen molar-refractivity contribution < 1.29 is 9.53 Å². The van der Waals surface area contributed by atoms with Crippen LogP contribution in [0.25, 0.3) is 10.6 Å². The topological polar surface area (TPSA) is 64.1 Å². The van der Waals surface area contributed by atoms with E-state index in [1.165, 1.54) is 16.9 Å². The molecule has 1 aromatic heterocycles. The zero-order chi connectivity index (χ0) is 15.4. The summed E-state index contributed by atoms with van der Waals surface area (Å²) >= 11 is 1.40. The second kappa shape index (κ2) is 6.98. The van der Waals surface area contributed by atoms with E-state index in [0.717, 1.165) is 30.0 Å². The largest absolute Gasteiger partial charge is 0.381 e. The van der Waals surface area contributed by atoms with Crippen LogP contribution in [0.4, 0.5) is 5.13 Å². The standard InChI is InChI=1S/C16H19N3O2S/c1-11-4-6-13(7-5-11)15-18-19-16(22-15)17-14(20)9-12-3-2-8-21-10-12/h4-7,12H,2-3,8-10H2,1H3,(H,17,19,20). The summed E-state index contributed by atoms with van der Waals surface area (Å²) in [6.45, 7) is 3.54. The van der Waals surface area contributed by atoms with Gasteiger partial charge < -0.3 is 10.1 Å². The maximum Gasteiger partial charge on any atom is 0.226 e. The average molecular weight is 317 g/mol. The van der Waals surface area contributed by atoms with Crippen LogP contribution in [-0.4, -0.2) is 29.3 Å². The zero-order valence-electron chi connectivity index (χ0n) is 12.5. The highest BCUT2D eigenvalue weighted by Gasteiger charge is 2.18. The highest BCUT2D eigenvalue weighted by Crippen LogP contribution is 2.27. The van der Waals surface area contributed by atoms with Crippen LogP contribution >= 0.6 is 11.3 Å². The third-order valence-electron chi connectivity index (χ3n) is 3.70. The first-order valence-corrected chi connectivity index (χ1v) is 8.30. The van der Waals surface area contributed by atoms with Crippen LogP contribution < -0.4 is 5.32 Å². The number of amides is 1. The molecule has 3 rings (SSSR count). The van der Waals surface area contributed by atoms with Gasteiger partial charge in [-0.05, 0) is 25.7 Å². The second-order valence-electron chi connectivity index (χ2n) is 5.61. The summed E-state index contributed by atoms with van der Waals surface area (Å²) in [5, 5.41) is 12.4. The Hall–Kier alpha value is -1.79. The predicted octanol–water partition coefficient (Wildman–Crippen LogP) is 3.27. The number of aromatic nitrogens is 2. The van der Waals surface area contributed by atoms with Gasteiger partial charge in [0.1, 0.15) is 5.01 Å². The van der Waals surface area contributed by atoms with Crippen LogP contribution in [0.1, 0.15) is 24.8 Å². The molecule has 1 N–H and O–H groups in total. The third kappa shape index (κ3) is 3.90. The van der Waals surface area contributed by atoms with Gasteiger partial charge in [-0.2, -0.15) is 0 Å². The molecule has 5 nitrogen and oxygen atoms in total. The van der Waals surface area contributed by atoms with E-state index in [4.69, 9.17) is 4.74 Å². The summed E-state index contributed by atoms with van der Waals surface area (Å²) in [6, 6.07) is 8.11. The Morgan fingerprint density at radius 3 is 2.91 bits per heavy atom. The zero-order valence-corrected chi connectivity index (χ0v) is 13.4. The molecular weight excluding hydrogens is 298 g/mol. The van der Waals surface area contributed by atoms with Gasteiger partial charge >= 0.3 is 0 Å². The summed E-state index contributed by atoms with van der Waals surface area (Å²) < 4.78 is 5.40. The van der Waals surface area contributed by atoms with Gasteiger partial charge in [0.15, 0.2) is 0 Å². The van der Waals surface area contributed by atoms with Gasteiger partial charge in [0.05, 0.1) is 0 Å². The lowest BCUT2D eigenvalue weighted by Gasteiger charge is -2.20. The van der Waals surface area contributed by atoms with Gasteiger partial charge in [0.25, 0.3) is 0 Å². The molecule has 0 aliphatic carbocycles. The number of benzene rings is 1. The first kappa shape index (κ1) is 15.1. The lowest BCUT2D eigenvalue weighted by molar-refractivity contribution is -0.118. The van der Waals surface area contributed by atoms with E-state index in [2.05, 4.69) is 15.5 Å². The molecule has 0 saturated carbocycles. The fourth-order valence-corrected chi connectivity index (χ4v) is 3.25. The van der Waals surface area contributed by atoms with Crippen molar-refractivity contribution in [1.29, 1.82) is 0 Å². The molecule has 0 radical (unpaired) electrons. The highest BCUT2D eigenvalue weighted by atomic mass is 32.1. The predicted molar refractivity (Wildman–Crippen MR) is 86.9 cm³/mol. The smallest absolute Gasteiger partial charge is 0.226 e. The number of anilines is 1. The van der Waals surface area contributed by atoms with Crippen molar-refractivity contribution in [1.82, 2.24) is 10.2 Å². The van der Waals surface area contributed by atoms with Crippen molar-refractivity contribution in [2.75, 3.05) is 18.5 Å². The number of rotatable bonds is 4. The summed E-state index contributed by atoms with van der Waals surface area (Å²) in [4.78, 5) is 12.0. The molecule has 0 bridgehead atoms. The van der Waals surface area contributed by atoms with Crippen molar-refractivity contribution in [3.63, 3.8) is 0 Å². The minimum Gasteiger partial charge on any atom is -0.381 e. The number of ether oxygens (including phenoxy) is 1. The van der Waals surface area contributed by atoms with Crippen molar-refractivity contribution >= 4 is 22.4 Å². The summed E-state index contributed by atoms with van der Waals surface area (Å²) in [5.41, 5.74) is 2.22. The number of carbonyl (C=O) groups is 1. The molecule has 2 heterocycles. The molecule has 1 fully saturated rings. The molecule has 116 valence electrons. The van der Waals surface area contributed by atoms with E-state index in [-0.39, 0.29) is 5.91 Å². The maximum atomic E-state index is 12.0. The molecule has 1 amide bonds. The number of hydrogen-bond donors (Lipinski definition) is 1. The molecule has 1 aliphatic rings. The molecule has 22 heavy (non-hydrogen) atoms. The molecule has 6 heteroatoms. The second-order valence-corrected chi connectivity index (χ2v) is 6.59. The molecule has 1 saturated heterocycles. The van der Waals surface area contributed by atoms with Crippen molar-refractivity contribution in [3.8, 4) is 10.6 Å². The fourth-order valence-electron chi connectivity index (χ4n) is 2.49. The number of aryl methyl sites for hydroxylation is 1. The molecule has 1 aromatic carbocycles. The number of nitrogens with one attached hydrogen (secondary N) is 1. The molecule has 1 unspecified atom stereocenters. The maximum absolute atomic E-state index is 12.0. The van der Waals surface area contributed by atoms with Gasteiger partial charge in [-0.25, -0.2) is 0 Å². The Bertz CT molecular complexity index is 633. The van der Waals surface area contributed by atoms with E-state index in [0.29, 0.717) is 24.1 Å². The van der Waals surface area contributed by atoms with Gasteiger partial charge in [0, 0.05) is 25.2 Å². The van der Waals surface area contributed by atoms with Gasteiger partial charge in [-0.15, -0.1) is 10.2 Å². The van der Waals surface area contributed by atoms with Crippen LogP contribution in [0.5, 0.6) is 0 Å². The highest BCUT2D eigenvalue weighted by molar-refractivity contribution is 7.18. The van der Waals surface area contributed by atoms with E-state index in [1.807, 2.05) is 31.2 Å². The minimum atomic E-state index is -0.0119. The Morgan fingerprint density at radius 1 is 1.36 bits per heavy atom. The Morgan fingerprint density at radius 2 is 2.18 bits per heavy atom. The SMILES string of the molecule is Cc1ccc(-c2nnc(NC(=O)CC3CCCOC3)s2)cc1. The van der Waals surface area contributed by atoms with E-state index in [1.54, 1.807) is 0 Å². The van der Waals surface area contributed by atoms with Gasteiger partial charge in [-0.3, -0.25) is 4.79 Å². The molecule has 1 aliphatic heterocycles. The lowest BCUT2D eigenvalue weighted by atomic mass is 9.98. The Balaban J connectivity index is 1.59.